The normalized spacial score (nSPS) is 29.7. The fraction of sp³-hybridized carbons (Fsp3) is 0.556. The molecule has 7 bridgehead atoms. The van der Waals surface area contributed by atoms with Crippen molar-refractivity contribution < 1.29 is 32.2 Å². The van der Waals surface area contributed by atoms with Crippen LogP contribution in [0.25, 0.3) is 0 Å². The summed E-state index contributed by atoms with van der Waals surface area (Å²) in [5.74, 6) is -0.616. The van der Waals surface area contributed by atoms with Crippen LogP contribution in [-0.2, 0) is 36.1 Å². The molecule has 4 atom stereocenters. The van der Waals surface area contributed by atoms with E-state index in [1.54, 1.807) is 18.2 Å². The van der Waals surface area contributed by atoms with Crippen LogP contribution in [0.4, 0.5) is 10.5 Å². The van der Waals surface area contributed by atoms with Crippen LogP contribution in [0.2, 0.25) is 5.02 Å². The van der Waals surface area contributed by atoms with Crippen molar-refractivity contribution in [2.24, 2.45) is 5.92 Å². The van der Waals surface area contributed by atoms with Crippen LogP contribution in [0.15, 0.2) is 47.4 Å². The van der Waals surface area contributed by atoms with Crippen LogP contribution < -0.4 is 19.7 Å². The zero-order valence-electron chi connectivity index (χ0n) is 27.7. The zero-order chi connectivity index (χ0) is 33.8. The third-order valence-electron chi connectivity index (χ3n) is 11.0. The molecule has 0 aromatic heterocycles. The van der Waals surface area contributed by atoms with E-state index in [4.69, 9.17) is 25.8 Å². The van der Waals surface area contributed by atoms with Crippen molar-refractivity contribution in [3.63, 3.8) is 0 Å². The van der Waals surface area contributed by atoms with Gasteiger partial charge in [-0.05, 0) is 106 Å². The lowest BCUT2D eigenvalue weighted by atomic mass is 9.67. The standard InChI is InChI=1S/C36H44ClN3O7S/c1-4-25-27-19-40-20-36(14-6-8-22-16-29(37)26(27)18-28(22)36)21-45-32-13-12-24(17-30(32)40)48(43,44)39-33(41)35(2,3)46-15-7-11-31(25)47-34(42)38-23-9-5-10-23/h7,11-13,16-18,23,25,27,31H,4-6,8-10,14-15,19-21H2,1-3H3,(H,38,42)(H,39,41)/b11-7+/t25-,27+,31+,36+/m1/s1. The average Bonchev–Trinajstić information content (AvgIpc) is 3.17. The Balaban J connectivity index is 1.40. The van der Waals surface area contributed by atoms with Gasteiger partial charge in [-0.15, -0.1) is 0 Å². The maximum Gasteiger partial charge on any atom is 0.407 e. The molecule has 0 unspecified atom stereocenters. The van der Waals surface area contributed by atoms with Crippen LogP contribution in [0.5, 0.6) is 5.75 Å². The number of nitrogens with zero attached hydrogens (tertiary/aromatic N) is 1. The highest BCUT2D eigenvalue weighted by molar-refractivity contribution is 7.90. The largest absolute Gasteiger partial charge is 0.490 e. The first-order valence-electron chi connectivity index (χ1n) is 17.1. The van der Waals surface area contributed by atoms with E-state index in [-0.39, 0.29) is 34.8 Å². The Kier molecular flexibility index (Phi) is 8.69. The number of carbonyl (C=O) groups is 2. The first-order chi connectivity index (χ1) is 22.9. The van der Waals surface area contributed by atoms with Crippen LogP contribution in [0, 0.1) is 5.92 Å². The van der Waals surface area contributed by atoms with Crippen molar-refractivity contribution >= 4 is 39.3 Å². The van der Waals surface area contributed by atoms with E-state index >= 15 is 0 Å². The summed E-state index contributed by atoms with van der Waals surface area (Å²) in [4.78, 5) is 28.7. The summed E-state index contributed by atoms with van der Waals surface area (Å²) in [5.41, 5.74) is 2.24. The van der Waals surface area contributed by atoms with E-state index in [2.05, 4.69) is 34.0 Å². The molecule has 0 saturated heterocycles. The Morgan fingerprint density at radius 2 is 2.00 bits per heavy atom. The van der Waals surface area contributed by atoms with Crippen molar-refractivity contribution in [2.45, 2.75) is 99.7 Å². The second kappa shape index (κ2) is 12.6. The number of benzene rings is 2. The molecule has 10 nitrogen and oxygen atoms in total. The summed E-state index contributed by atoms with van der Waals surface area (Å²) in [6, 6.07) is 9.25. The van der Waals surface area contributed by atoms with Crippen molar-refractivity contribution in [3.05, 3.63) is 64.2 Å². The molecule has 258 valence electrons. The second-order valence-electron chi connectivity index (χ2n) is 14.5. The van der Waals surface area contributed by atoms with Gasteiger partial charge < -0.3 is 24.4 Å². The lowest BCUT2D eigenvalue weighted by Gasteiger charge is -2.45. The number of aryl methyl sites for hydroxylation is 1. The predicted molar refractivity (Wildman–Crippen MR) is 182 cm³/mol. The highest BCUT2D eigenvalue weighted by Gasteiger charge is 2.46. The number of anilines is 1. The Morgan fingerprint density at radius 3 is 2.75 bits per heavy atom. The number of nitrogens with one attached hydrogen (secondary N) is 2. The number of alkyl carbamates (subject to hydrolysis) is 1. The fourth-order valence-electron chi connectivity index (χ4n) is 8.00. The molecule has 0 radical (unpaired) electrons. The Labute approximate surface area is 287 Å². The number of halogens is 1. The molecule has 3 aliphatic heterocycles. The Hall–Kier alpha value is -3.28. The number of ether oxygens (including phenoxy) is 3. The first kappa shape index (κ1) is 33.2. The van der Waals surface area contributed by atoms with Gasteiger partial charge in [0.05, 0.1) is 23.8 Å². The van der Waals surface area contributed by atoms with E-state index in [9.17, 15) is 18.0 Å². The van der Waals surface area contributed by atoms with Crippen LogP contribution in [0.1, 0.15) is 81.9 Å². The maximum atomic E-state index is 13.6. The molecule has 2 aliphatic carbocycles. The highest BCUT2D eigenvalue weighted by atomic mass is 35.5. The topological polar surface area (TPSA) is 123 Å². The number of rotatable bonds is 3. The molecule has 2 N–H and O–H groups in total. The first-order valence-corrected chi connectivity index (χ1v) is 18.9. The number of hydrogen-bond acceptors (Lipinski definition) is 8. The van der Waals surface area contributed by atoms with Crippen molar-refractivity contribution in [1.29, 1.82) is 0 Å². The molecule has 2 aromatic rings. The average molecular weight is 698 g/mol. The number of hydrogen-bond donors (Lipinski definition) is 2. The van der Waals surface area contributed by atoms with Gasteiger partial charge in [-0.25, -0.2) is 17.9 Å². The van der Waals surface area contributed by atoms with Gasteiger partial charge in [-0.1, -0.05) is 30.7 Å². The van der Waals surface area contributed by atoms with Crippen molar-refractivity contribution in [2.75, 3.05) is 31.2 Å². The summed E-state index contributed by atoms with van der Waals surface area (Å²) in [6.45, 7) is 6.65. The fourth-order valence-corrected chi connectivity index (χ4v) is 9.45. The second-order valence-corrected chi connectivity index (χ2v) is 16.6. The van der Waals surface area contributed by atoms with Gasteiger partial charge >= 0.3 is 6.09 Å². The summed E-state index contributed by atoms with van der Waals surface area (Å²) >= 11 is 7.16. The molecule has 7 rings (SSSR count). The molecule has 1 spiro atoms. The monoisotopic (exact) mass is 697 g/mol. The minimum Gasteiger partial charge on any atom is -0.490 e. The van der Waals surface area contributed by atoms with Crippen molar-refractivity contribution in [1.82, 2.24) is 10.0 Å². The maximum absolute atomic E-state index is 13.6. The van der Waals surface area contributed by atoms with E-state index < -0.39 is 33.7 Å². The molecule has 2 aromatic carbocycles. The summed E-state index contributed by atoms with van der Waals surface area (Å²) in [7, 11) is -4.24. The minimum atomic E-state index is -4.24. The van der Waals surface area contributed by atoms with E-state index in [0.717, 1.165) is 44.1 Å². The molecule has 2 amide bonds. The van der Waals surface area contributed by atoms with Crippen LogP contribution in [0.3, 0.4) is 0 Å². The molecular weight excluding hydrogens is 654 g/mol. The number of sulfonamides is 1. The predicted octanol–water partition coefficient (Wildman–Crippen LogP) is 5.75. The summed E-state index contributed by atoms with van der Waals surface area (Å²) in [5, 5.41) is 3.69. The van der Waals surface area contributed by atoms with Gasteiger partial charge in [0.15, 0.2) is 0 Å². The van der Waals surface area contributed by atoms with Crippen LogP contribution >= 0.6 is 11.6 Å². The van der Waals surface area contributed by atoms with Gasteiger partial charge in [0.1, 0.15) is 17.5 Å². The smallest absolute Gasteiger partial charge is 0.407 e. The summed E-state index contributed by atoms with van der Waals surface area (Å²) in [6.07, 6.45) is 8.89. The minimum absolute atomic E-state index is 0.00387. The SMILES string of the molecule is CC[C@H]1[C@@H](OC(=O)NC2CCC2)/C=C/COC(C)(C)C(=O)NS(=O)(=O)c2ccc3c(c2)N2C[C@@H]1c1cc4c(cc1Cl)CCC[C@@]4(CO3)C2. The summed E-state index contributed by atoms with van der Waals surface area (Å²) < 4.78 is 48.1. The molecule has 48 heavy (non-hydrogen) atoms. The Morgan fingerprint density at radius 1 is 1.19 bits per heavy atom. The highest BCUT2D eigenvalue weighted by Crippen LogP contribution is 2.50. The van der Waals surface area contributed by atoms with E-state index in [1.807, 2.05) is 6.08 Å². The lowest BCUT2D eigenvalue weighted by molar-refractivity contribution is -0.139. The van der Waals surface area contributed by atoms with E-state index in [0.29, 0.717) is 42.6 Å². The zero-order valence-corrected chi connectivity index (χ0v) is 29.3. The molecule has 5 aliphatic rings. The van der Waals surface area contributed by atoms with Crippen LogP contribution in [-0.4, -0.2) is 64.5 Å². The lowest BCUT2D eigenvalue weighted by Crippen LogP contribution is -2.49. The van der Waals surface area contributed by atoms with Gasteiger partial charge in [0, 0.05) is 41.4 Å². The molecular formula is C36H44ClN3O7S. The van der Waals surface area contributed by atoms with Gasteiger partial charge in [0.2, 0.25) is 0 Å². The van der Waals surface area contributed by atoms with Gasteiger partial charge in [0.25, 0.3) is 15.9 Å². The third-order valence-corrected chi connectivity index (χ3v) is 12.7. The number of fused-ring (bicyclic) bond motifs is 4. The quantitative estimate of drug-likeness (QED) is 0.389. The van der Waals surface area contributed by atoms with E-state index in [1.165, 1.54) is 31.0 Å². The van der Waals surface area contributed by atoms with Gasteiger partial charge in [-0.3, -0.25) is 4.79 Å². The Bertz CT molecular complexity index is 1760. The third kappa shape index (κ3) is 6.07. The number of amides is 2. The van der Waals surface area contributed by atoms with Gasteiger partial charge in [-0.2, -0.15) is 0 Å². The molecule has 3 heterocycles. The number of carbonyl (C=O) groups excluding carboxylic acids is 2. The molecule has 12 heteroatoms. The van der Waals surface area contributed by atoms with Crippen molar-refractivity contribution in [3.8, 4) is 5.75 Å². The molecule has 1 fully saturated rings. The molecule has 1 saturated carbocycles.